The van der Waals surface area contributed by atoms with E-state index in [-0.39, 0.29) is 32.5 Å². The Balaban J connectivity index is 1.96. The Morgan fingerprint density at radius 2 is 0.792 bits per heavy atom. The first-order valence-corrected chi connectivity index (χ1v) is 8.63. The molecule has 2 rings (SSSR count). The molecule has 2 aromatic carbocycles. The molecule has 0 saturated carbocycles. The number of rotatable bonds is 4. The molecule has 0 aliphatic rings. The first-order valence-electron chi connectivity index (χ1n) is 6.48. The third-order valence-electron chi connectivity index (χ3n) is 2.93. The first kappa shape index (κ1) is 17.8. The summed E-state index contributed by atoms with van der Waals surface area (Å²) < 4.78 is 0. The van der Waals surface area contributed by atoms with Gasteiger partial charge < -0.3 is 10.2 Å². The molecule has 0 atom stereocenters. The highest BCUT2D eigenvalue weighted by molar-refractivity contribution is 8.87. The molecule has 0 aliphatic carbocycles. The van der Waals surface area contributed by atoms with Crippen molar-refractivity contribution >= 4 is 43.8 Å². The average Bonchev–Trinajstić information content (AvgIpc) is 2.59. The van der Waals surface area contributed by atoms with Gasteiger partial charge in [-0.05, 0) is 70.1 Å². The third kappa shape index (κ3) is 4.46. The van der Waals surface area contributed by atoms with Gasteiger partial charge in [0.1, 0.15) is 0 Å². The highest BCUT2D eigenvalue weighted by Crippen LogP contribution is 2.29. The van der Waals surface area contributed by atoms with Gasteiger partial charge in [-0.15, -0.1) is 0 Å². The Kier molecular flexibility index (Phi) is 5.78. The largest absolute Gasteiger partial charge is 0.478 e. The molecule has 0 bridgehead atoms. The van der Waals surface area contributed by atoms with Crippen LogP contribution in [0.25, 0.3) is 0 Å². The number of carbonyl (C=O) groups is 4. The van der Waals surface area contributed by atoms with Crippen LogP contribution in [-0.2, 0) is 0 Å². The number of carboxylic acid groups (broad SMARTS) is 2. The summed E-state index contributed by atoms with van der Waals surface area (Å²) in [6.07, 6.45) is 0. The normalized spacial score (nSPS) is 10.2. The maximum Gasteiger partial charge on any atom is 0.335 e. The molecular formula is C16H10O6S2. The number of carbonyl (C=O) groups excluding carboxylic acids is 2. The Hall–Kier alpha value is -2.58. The minimum Gasteiger partial charge on any atom is -0.478 e. The summed E-state index contributed by atoms with van der Waals surface area (Å²) in [6, 6.07) is 10.8. The van der Waals surface area contributed by atoms with Gasteiger partial charge >= 0.3 is 11.9 Å². The van der Waals surface area contributed by atoms with Crippen LogP contribution in [0.15, 0.2) is 48.5 Å². The van der Waals surface area contributed by atoms with Crippen molar-refractivity contribution in [3.8, 4) is 0 Å². The standard InChI is InChI=1S/C16H10O6S2/c17-13(18)9-1-5-11(6-2-9)15(21)23-24-16(22)12-7-3-10(4-8-12)14(19)20/h1-8H,(H,17,18)(H,19,20). The van der Waals surface area contributed by atoms with Crippen molar-refractivity contribution in [2.24, 2.45) is 0 Å². The van der Waals surface area contributed by atoms with E-state index in [1.807, 2.05) is 0 Å². The van der Waals surface area contributed by atoms with Gasteiger partial charge in [0, 0.05) is 11.1 Å². The molecule has 0 radical (unpaired) electrons. The van der Waals surface area contributed by atoms with Crippen molar-refractivity contribution in [2.75, 3.05) is 0 Å². The lowest BCUT2D eigenvalue weighted by Crippen LogP contribution is -1.99. The lowest BCUT2D eigenvalue weighted by Gasteiger charge is -2.02. The smallest absolute Gasteiger partial charge is 0.335 e. The van der Waals surface area contributed by atoms with E-state index in [1.54, 1.807) is 0 Å². The second-order valence-corrected chi connectivity index (χ2v) is 6.58. The molecule has 0 saturated heterocycles. The molecule has 8 heteroatoms. The SMILES string of the molecule is O=C(O)c1ccc(C(=O)SSC(=O)c2ccc(C(=O)O)cc2)cc1. The lowest BCUT2D eigenvalue weighted by molar-refractivity contribution is 0.0686. The van der Waals surface area contributed by atoms with Crippen molar-refractivity contribution in [3.63, 3.8) is 0 Å². The van der Waals surface area contributed by atoms with Gasteiger partial charge in [0.05, 0.1) is 11.1 Å². The van der Waals surface area contributed by atoms with Crippen LogP contribution in [0.4, 0.5) is 0 Å². The molecule has 0 amide bonds. The van der Waals surface area contributed by atoms with E-state index >= 15 is 0 Å². The van der Waals surface area contributed by atoms with Crippen molar-refractivity contribution in [1.82, 2.24) is 0 Å². The Morgan fingerprint density at radius 3 is 1.04 bits per heavy atom. The summed E-state index contributed by atoms with van der Waals surface area (Å²) in [7, 11) is 1.44. The summed E-state index contributed by atoms with van der Waals surface area (Å²) in [5, 5.41) is 16.8. The van der Waals surface area contributed by atoms with Crippen LogP contribution in [0.1, 0.15) is 41.4 Å². The van der Waals surface area contributed by atoms with Crippen molar-refractivity contribution in [3.05, 3.63) is 70.8 Å². The monoisotopic (exact) mass is 362 g/mol. The van der Waals surface area contributed by atoms with E-state index in [9.17, 15) is 19.2 Å². The van der Waals surface area contributed by atoms with E-state index in [4.69, 9.17) is 10.2 Å². The van der Waals surface area contributed by atoms with Crippen molar-refractivity contribution in [2.45, 2.75) is 0 Å². The van der Waals surface area contributed by atoms with Crippen LogP contribution in [0.5, 0.6) is 0 Å². The van der Waals surface area contributed by atoms with E-state index in [0.29, 0.717) is 0 Å². The fourth-order valence-corrected chi connectivity index (χ4v) is 3.32. The number of hydrogen-bond acceptors (Lipinski definition) is 6. The number of carboxylic acids is 2. The molecule has 24 heavy (non-hydrogen) atoms. The van der Waals surface area contributed by atoms with E-state index in [1.165, 1.54) is 48.5 Å². The summed E-state index contributed by atoms with van der Waals surface area (Å²) in [5.74, 6) is -2.17. The summed E-state index contributed by atoms with van der Waals surface area (Å²) in [6.45, 7) is 0. The zero-order valence-electron chi connectivity index (χ0n) is 12.0. The molecule has 6 nitrogen and oxygen atoms in total. The first-order chi connectivity index (χ1) is 11.4. The van der Waals surface area contributed by atoms with Gasteiger partial charge in [0.25, 0.3) is 0 Å². The second kappa shape index (κ2) is 7.80. The van der Waals surface area contributed by atoms with Crippen LogP contribution in [-0.4, -0.2) is 32.4 Å². The van der Waals surface area contributed by atoms with Crippen molar-refractivity contribution in [1.29, 1.82) is 0 Å². The molecule has 0 aliphatic heterocycles. The summed E-state index contributed by atoms with van der Waals surface area (Å²) >= 11 is 0. The zero-order chi connectivity index (χ0) is 17.7. The van der Waals surface area contributed by atoms with Gasteiger partial charge in [0.2, 0.25) is 10.2 Å². The topological polar surface area (TPSA) is 109 Å². The molecule has 0 spiro atoms. The molecular weight excluding hydrogens is 352 g/mol. The fraction of sp³-hybridized carbons (Fsp3) is 0. The minimum absolute atomic E-state index is 0.0683. The maximum atomic E-state index is 12.0. The maximum absolute atomic E-state index is 12.0. The third-order valence-corrected chi connectivity index (χ3v) is 4.94. The van der Waals surface area contributed by atoms with Gasteiger partial charge in [-0.2, -0.15) is 0 Å². The Morgan fingerprint density at radius 1 is 0.542 bits per heavy atom. The quantitative estimate of drug-likeness (QED) is 0.796. The molecule has 2 N–H and O–H groups in total. The van der Waals surface area contributed by atoms with Gasteiger partial charge in [-0.1, -0.05) is 0 Å². The predicted molar refractivity (Wildman–Crippen MR) is 90.6 cm³/mol. The van der Waals surface area contributed by atoms with Crippen LogP contribution < -0.4 is 0 Å². The fourth-order valence-electron chi connectivity index (χ4n) is 1.67. The molecule has 0 aromatic heterocycles. The molecule has 122 valence electrons. The van der Waals surface area contributed by atoms with Crippen molar-refractivity contribution < 1.29 is 29.4 Å². The number of benzene rings is 2. The summed E-state index contributed by atoms with van der Waals surface area (Å²) in [4.78, 5) is 45.4. The Bertz CT molecular complexity index is 727. The van der Waals surface area contributed by atoms with E-state index < -0.39 is 11.9 Å². The van der Waals surface area contributed by atoms with Crippen LogP contribution >= 0.6 is 21.6 Å². The lowest BCUT2D eigenvalue weighted by atomic mass is 10.1. The van der Waals surface area contributed by atoms with Gasteiger partial charge in [0.15, 0.2) is 0 Å². The van der Waals surface area contributed by atoms with Crippen LogP contribution in [0.3, 0.4) is 0 Å². The molecule has 0 fully saturated rings. The van der Waals surface area contributed by atoms with Gasteiger partial charge in [-0.25, -0.2) is 9.59 Å². The van der Waals surface area contributed by atoms with Gasteiger partial charge in [-0.3, -0.25) is 9.59 Å². The predicted octanol–water partition coefficient (Wildman–Crippen LogP) is 3.45. The number of aromatic carboxylic acids is 2. The van der Waals surface area contributed by atoms with Crippen LogP contribution in [0, 0.1) is 0 Å². The molecule has 0 heterocycles. The van der Waals surface area contributed by atoms with E-state index in [0.717, 1.165) is 21.6 Å². The highest BCUT2D eigenvalue weighted by Gasteiger charge is 2.14. The number of hydrogen-bond donors (Lipinski definition) is 2. The molecule has 0 unspecified atom stereocenters. The summed E-state index contributed by atoms with van der Waals surface area (Å²) in [5.41, 5.74) is 0.704. The van der Waals surface area contributed by atoms with Crippen LogP contribution in [0.2, 0.25) is 0 Å². The van der Waals surface area contributed by atoms with E-state index in [2.05, 4.69) is 0 Å². The average molecular weight is 362 g/mol. The second-order valence-electron chi connectivity index (χ2n) is 4.51. The Labute approximate surface area is 144 Å². The zero-order valence-corrected chi connectivity index (χ0v) is 13.6. The molecule has 2 aromatic rings. The highest BCUT2D eigenvalue weighted by atomic mass is 33.1. The minimum atomic E-state index is -1.09.